The van der Waals surface area contributed by atoms with Crippen LogP contribution in [0.15, 0.2) is 23.1 Å². The molecule has 0 saturated carbocycles. The molecule has 0 aliphatic heterocycles. The third kappa shape index (κ3) is 3.37. The van der Waals surface area contributed by atoms with Crippen molar-refractivity contribution in [1.82, 2.24) is 4.90 Å². The molecule has 0 radical (unpaired) electrons. The molecular weight excluding hydrogens is 250 g/mol. The zero-order valence-corrected chi connectivity index (χ0v) is 11.0. The first-order chi connectivity index (χ1) is 7.34. The number of halogens is 1. The fraction of sp³-hybridized carbons (Fsp3) is 0.400. The first-order valence-electron chi connectivity index (χ1n) is 4.61. The van der Waals surface area contributed by atoms with Gasteiger partial charge in [-0.2, -0.15) is 0 Å². The summed E-state index contributed by atoms with van der Waals surface area (Å²) in [4.78, 5) is 2.01. The Labute approximate surface area is 100 Å². The van der Waals surface area contributed by atoms with Gasteiger partial charge in [0.1, 0.15) is 5.75 Å². The van der Waals surface area contributed by atoms with Crippen molar-refractivity contribution in [1.29, 1.82) is 0 Å². The minimum atomic E-state index is -3.69. The summed E-state index contributed by atoms with van der Waals surface area (Å²) in [6.45, 7) is 0.587. The highest BCUT2D eigenvalue weighted by Crippen LogP contribution is 2.25. The largest absolute Gasteiger partial charge is 0.496 e. The van der Waals surface area contributed by atoms with E-state index in [1.54, 1.807) is 13.2 Å². The molecule has 0 unspecified atom stereocenters. The fourth-order valence-electron chi connectivity index (χ4n) is 1.37. The number of nitrogens with zero attached hydrogens (tertiary/aromatic N) is 1. The first-order valence-corrected chi connectivity index (χ1v) is 6.92. The monoisotopic (exact) mass is 263 g/mol. The highest BCUT2D eigenvalue weighted by molar-refractivity contribution is 8.13. The maximum Gasteiger partial charge on any atom is 0.261 e. The predicted octanol–water partition coefficient (Wildman–Crippen LogP) is 1.68. The molecule has 1 aromatic rings. The second-order valence-corrected chi connectivity index (χ2v) is 6.22. The van der Waals surface area contributed by atoms with Gasteiger partial charge in [-0.15, -0.1) is 0 Å². The number of ether oxygens (including phenoxy) is 1. The molecule has 90 valence electrons. The molecule has 0 aliphatic carbocycles. The van der Waals surface area contributed by atoms with Crippen molar-refractivity contribution in [3.63, 3.8) is 0 Å². The molecule has 4 nitrogen and oxygen atoms in total. The van der Waals surface area contributed by atoms with E-state index in [1.165, 1.54) is 12.1 Å². The van der Waals surface area contributed by atoms with Crippen LogP contribution in [0.3, 0.4) is 0 Å². The molecule has 0 bridgehead atoms. The summed E-state index contributed by atoms with van der Waals surface area (Å²) in [6.07, 6.45) is 0. The van der Waals surface area contributed by atoms with Gasteiger partial charge in [0.05, 0.1) is 12.0 Å². The molecule has 6 heteroatoms. The van der Waals surface area contributed by atoms with Crippen LogP contribution in [-0.4, -0.2) is 34.5 Å². The summed E-state index contributed by atoms with van der Waals surface area (Å²) >= 11 is 0. The molecular formula is C10H14ClNO3S. The molecule has 0 heterocycles. The molecule has 0 fully saturated rings. The van der Waals surface area contributed by atoms with Crippen LogP contribution in [-0.2, 0) is 15.6 Å². The van der Waals surface area contributed by atoms with E-state index in [-0.39, 0.29) is 4.90 Å². The summed E-state index contributed by atoms with van der Waals surface area (Å²) in [5.74, 6) is 0.651. The van der Waals surface area contributed by atoms with Crippen molar-refractivity contribution in [3.05, 3.63) is 23.8 Å². The summed E-state index contributed by atoms with van der Waals surface area (Å²) < 4.78 is 27.5. The minimum Gasteiger partial charge on any atom is -0.496 e. The van der Waals surface area contributed by atoms with Crippen LogP contribution in [0.4, 0.5) is 0 Å². The van der Waals surface area contributed by atoms with Gasteiger partial charge in [0, 0.05) is 22.8 Å². The van der Waals surface area contributed by atoms with Gasteiger partial charge in [-0.25, -0.2) is 8.42 Å². The Kier molecular flexibility index (Phi) is 4.18. The van der Waals surface area contributed by atoms with Gasteiger partial charge in [-0.05, 0) is 32.3 Å². The van der Waals surface area contributed by atoms with E-state index in [1.807, 2.05) is 19.0 Å². The van der Waals surface area contributed by atoms with Crippen molar-refractivity contribution in [2.24, 2.45) is 0 Å². The molecule has 1 aromatic carbocycles. The zero-order valence-electron chi connectivity index (χ0n) is 9.40. The fourth-order valence-corrected chi connectivity index (χ4v) is 2.17. The number of hydrogen-bond acceptors (Lipinski definition) is 4. The van der Waals surface area contributed by atoms with Gasteiger partial charge in [-0.3, -0.25) is 0 Å². The van der Waals surface area contributed by atoms with E-state index in [9.17, 15) is 8.42 Å². The Morgan fingerprint density at radius 1 is 1.38 bits per heavy atom. The van der Waals surface area contributed by atoms with Crippen LogP contribution in [0.1, 0.15) is 5.56 Å². The normalized spacial score (nSPS) is 11.8. The highest BCUT2D eigenvalue weighted by Gasteiger charge is 2.13. The summed E-state index contributed by atoms with van der Waals surface area (Å²) in [5, 5.41) is 0. The van der Waals surface area contributed by atoms with E-state index >= 15 is 0 Å². The topological polar surface area (TPSA) is 46.6 Å². The lowest BCUT2D eigenvalue weighted by Crippen LogP contribution is -2.12. The van der Waals surface area contributed by atoms with Crippen LogP contribution in [0, 0.1) is 0 Å². The summed E-state index contributed by atoms with van der Waals surface area (Å²) in [6, 6.07) is 4.57. The van der Waals surface area contributed by atoms with E-state index in [0.29, 0.717) is 12.3 Å². The average molecular weight is 264 g/mol. The maximum atomic E-state index is 11.2. The first kappa shape index (κ1) is 13.3. The molecule has 0 amide bonds. The van der Waals surface area contributed by atoms with E-state index in [4.69, 9.17) is 15.4 Å². The van der Waals surface area contributed by atoms with Crippen LogP contribution in [0.5, 0.6) is 5.75 Å². The molecule has 1 rings (SSSR count). The second kappa shape index (κ2) is 5.03. The quantitative estimate of drug-likeness (QED) is 0.776. The minimum absolute atomic E-state index is 0.0896. The molecule has 0 aromatic heterocycles. The molecule has 16 heavy (non-hydrogen) atoms. The number of rotatable bonds is 4. The van der Waals surface area contributed by atoms with Gasteiger partial charge in [-0.1, -0.05) is 0 Å². The number of benzene rings is 1. The molecule has 0 aliphatic rings. The molecule has 0 spiro atoms. The zero-order chi connectivity index (χ0) is 12.3. The van der Waals surface area contributed by atoms with Crippen LogP contribution < -0.4 is 4.74 Å². The Hall–Kier alpha value is -0.780. The van der Waals surface area contributed by atoms with Crippen LogP contribution in [0.2, 0.25) is 0 Å². The maximum absolute atomic E-state index is 11.2. The van der Waals surface area contributed by atoms with Gasteiger partial charge >= 0.3 is 0 Å². The van der Waals surface area contributed by atoms with E-state index in [0.717, 1.165) is 5.56 Å². The van der Waals surface area contributed by atoms with Gasteiger partial charge < -0.3 is 9.64 Å². The van der Waals surface area contributed by atoms with Crippen molar-refractivity contribution in [2.45, 2.75) is 11.4 Å². The Morgan fingerprint density at radius 3 is 2.44 bits per heavy atom. The van der Waals surface area contributed by atoms with Gasteiger partial charge in [0.15, 0.2) is 0 Å². The van der Waals surface area contributed by atoms with E-state index < -0.39 is 9.05 Å². The molecule has 0 N–H and O–H groups in total. The van der Waals surface area contributed by atoms with E-state index in [2.05, 4.69) is 0 Å². The Balaban J connectivity index is 3.21. The third-order valence-electron chi connectivity index (χ3n) is 2.02. The summed E-state index contributed by atoms with van der Waals surface area (Å²) in [7, 11) is 6.92. The van der Waals surface area contributed by atoms with Gasteiger partial charge in [0.25, 0.3) is 9.05 Å². The van der Waals surface area contributed by atoms with Crippen molar-refractivity contribution in [2.75, 3.05) is 21.2 Å². The van der Waals surface area contributed by atoms with Gasteiger partial charge in [0.2, 0.25) is 0 Å². The Morgan fingerprint density at radius 2 is 2.00 bits per heavy atom. The lowest BCUT2D eigenvalue weighted by molar-refractivity contribution is 0.371. The smallest absolute Gasteiger partial charge is 0.261 e. The van der Waals surface area contributed by atoms with Crippen molar-refractivity contribution < 1.29 is 13.2 Å². The number of hydrogen-bond donors (Lipinski definition) is 0. The second-order valence-electron chi connectivity index (χ2n) is 3.65. The molecule has 0 atom stereocenters. The summed E-state index contributed by atoms with van der Waals surface area (Å²) in [5.41, 5.74) is 0.786. The standard InChI is InChI=1S/C10H14ClNO3S/c1-12(2)7-8-6-9(16(11,13)14)4-5-10(8)15-3/h4-6H,7H2,1-3H3. The lowest BCUT2D eigenvalue weighted by Gasteiger charge is -2.14. The molecule has 0 saturated heterocycles. The Bertz CT molecular complexity index is 471. The van der Waals surface area contributed by atoms with Crippen LogP contribution in [0.25, 0.3) is 0 Å². The van der Waals surface area contributed by atoms with Crippen molar-refractivity contribution >= 4 is 19.7 Å². The third-order valence-corrected chi connectivity index (χ3v) is 3.37. The SMILES string of the molecule is COc1ccc(S(=O)(=O)Cl)cc1CN(C)C. The predicted molar refractivity (Wildman–Crippen MR) is 63.4 cm³/mol. The highest BCUT2D eigenvalue weighted by atomic mass is 35.7. The average Bonchev–Trinajstić information content (AvgIpc) is 2.15. The number of methoxy groups -OCH3 is 1. The lowest BCUT2D eigenvalue weighted by atomic mass is 10.2. The van der Waals surface area contributed by atoms with Crippen molar-refractivity contribution in [3.8, 4) is 5.75 Å². The van der Waals surface area contributed by atoms with Crippen LogP contribution >= 0.6 is 10.7 Å².